The van der Waals surface area contributed by atoms with Crippen LogP contribution in [0.2, 0.25) is 0 Å². The van der Waals surface area contributed by atoms with Crippen molar-refractivity contribution < 1.29 is 13.2 Å². The molecule has 1 aliphatic heterocycles. The summed E-state index contributed by atoms with van der Waals surface area (Å²) in [6, 6.07) is 0.228. The highest BCUT2D eigenvalue weighted by Crippen LogP contribution is 2.26. The zero-order valence-electron chi connectivity index (χ0n) is 14.1. The van der Waals surface area contributed by atoms with Gasteiger partial charge in [0, 0.05) is 19.1 Å². The van der Waals surface area contributed by atoms with E-state index in [0.717, 1.165) is 25.7 Å². The SMILES string of the molecule is CC1CCCCC1NC(=O)C1CCCN(S(=O)(=O)c2cnc[nH]2)C1. The Morgan fingerprint density at radius 2 is 2.08 bits per heavy atom. The summed E-state index contributed by atoms with van der Waals surface area (Å²) in [4.78, 5) is 19.0. The normalized spacial score (nSPS) is 29.3. The van der Waals surface area contributed by atoms with Crippen LogP contribution in [-0.2, 0) is 14.8 Å². The second-order valence-electron chi connectivity index (χ2n) is 6.99. The maximum atomic E-state index is 12.6. The third-order valence-corrected chi connectivity index (χ3v) is 7.08. The van der Waals surface area contributed by atoms with E-state index >= 15 is 0 Å². The lowest BCUT2D eigenvalue weighted by Crippen LogP contribution is -2.49. The van der Waals surface area contributed by atoms with Gasteiger partial charge in [-0.1, -0.05) is 19.8 Å². The Labute approximate surface area is 143 Å². The average molecular weight is 354 g/mol. The molecule has 7 nitrogen and oxygen atoms in total. The number of aromatic nitrogens is 2. The molecule has 1 aliphatic carbocycles. The number of amides is 1. The van der Waals surface area contributed by atoms with Gasteiger partial charge in [-0.15, -0.1) is 0 Å². The quantitative estimate of drug-likeness (QED) is 0.857. The number of nitrogens with zero attached hydrogens (tertiary/aromatic N) is 2. The van der Waals surface area contributed by atoms with Crippen LogP contribution in [0, 0.1) is 11.8 Å². The zero-order valence-corrected chi connectivity index (χ0v) is 14.9. The fourth-order valence-electron chi connectivity index (χ4n) is 3.73. The number of nitrogens with one attached hydrogen (secondary N) is 2. The first-order chi connectivity index (χ1) is 11.5. The Hall–Kier alpha value is -1.41. The lowest BCUT2D eigenvalue weighted by molar-refractivity contribution is -0.127. The number of carbonyl (C=O) groups is 1. The van der Waals surface area contributed by atoms with Crippen LogP contribution in [0.4, 0.5) is 0 Å². The largest absolute Gasteiger partial charge is 0.353 e. The summed E-state index contributed by atoms with van der Waals surface area (Å²) < 4.78 is 26.6. The van der Waals surface area contributed by atoms with Crippen LogP contribution in [0.5, 0.6) is 0 Å². The maximum Gasteiger partial charge on any atom is 0.260 e. The monoisotopic (exact) mass is 354 g/mol. The van der Waals surface area contributed by atoms with Crippen molar-refractivity contribution in [2.24, 2.45) is 11.8 Å². The van der Waals surface area contributed by atoms with E-state index in [1.54, 1.807) is 0 Å². The number of imidazole rings is 1. The van der Waals surface area contributed by atoms with E-state index in [1.807, 2.05) is 0 Å². The number of aromatic amines is 1. The molecule has 0 radical (unpaired) electrons. The summed E-state index contributed by atoms with van der Waals surface area (Å²) in [6.07, 6.45) is 8.65. The van der Waals surface area contributed by atoms with Crippen LogP contribution in [0.1, 0.15) is 45.4 Å². The number of carbonyl (C=O) groups excluding carboxylic acids is 1. The molecule has 1 amide bonds. The van der Waals surface area contributed by atoms with Crippen molar-refractivity contribution in [2.75, 3.05) is 13.1 Å². The van der Waals surface area contributed by atoms with E-state index in [-0.39, 0.29) is 29.4 Å². The minimum absolute atomic E-state index is 0.00161. The van der Waals surface area contributed by atoms with Crippen molar-refractivity contribution >= 4 is 15.9 Å². The number of hydrogen-bond donors (Lipinski definition) is 2. The molecule has 3 rings (SSSR count). The zero-order chi connectivity index (χ0) is 17.2. The van der Waals surface area contributed by atoms with Crippen molar-refractivity contribution in [3.8, 4) is 0 Å². The molecule has 2 heterocycles. The van der Waals surface area contributed by atoms with Crippen LogP contribution in [0.25, 0.3) is 0 Å². The maximum absolute atomic E-state index is 12.6. The summed E-state index contributed by atoms with van der Waals surface area (Å²) in [5, 5.41) is 3.25. The van der Waals surface area contributed by atoms with E-state index in [4.69, 9.17) is 0 Å². The second-order valence-corrected chi connectivity index (χ2v) is 8.90. The molecule has 2 fully saturated rings. The molecule has 2 N–H and O–H groups in total. The molecular weight excluding hydrogens is 328 g/mol. The van der Waals surface area contributed by atoms with Crippen LogP contribution < -0.4 is 5.32 Å². The number of H-pyrrole nitrogens is 1. The van der Waals surface area contributed by atoms with Gasteiger partial charge in [-0.25, -0.2) is 13.4 Å². The highest BCUT2D eigenvalue weighted by atomic mass is 32.2. The van der Waals surface area contributed by atoms with Crippen molar-refractivity contribution in [2.45, 2.75) is 56.5 Å². The Morgan fingerprint density at radius 1 is 1.29 bits per heavy atom. The van der Waals surface area contributed by atoms with Gasteiger partial charge in [0.1, 0.15) is 0 Å². The summed E-state index contributed by atoms with van der Waals surface area (Å²) in [6.45, 7) is 2.87. The summed E-state index contributed by atoms with van der Waals surface area (Å²) in [5.41, 5.74) is 0. The summed E-state index contributed by atoms with van der Waals surface area (Å²) in [5.74, 6) is 0.222. The molecule has 24 heavy (non-hydrogen) atoms. The van der Waals surface area contributed by atoms with Crippen molar-refractivity contribution in [3.05, 3.63) is 12.5 Å². The van der Waals surface area contributed by atoms with E-state index in [2.05, 4.69) is 22.2 Å². The third-order valence-electron chi connectivity index (χ3n) is 5.29. The molecule has 3 unspecified atom stereocenters. The number of piperidine rings is 1. The first kappa shape index (κ1) is 17.4. The molecule has 1 aromatic heterocycles. The first-order valence-electron chi connectivity index (χ1n) is 8.77. The van der Waals surface area contributed by atoms with Crippen molar-refractivity contribution in [1.82, 2.24) is 19.6 Å². The van der Waals surface area contributed by atoms with Gasteiger partial charge in [-0.2, -0.15) is 4.31 Å². The van der Waals surface area contributed by atoms with Crippen LogP contribution in [-0.4, -0.2) is 47.7 Å². The lowest BCUT2D eigenvalue weighted by atomic mass is 9.85. The fourth-order valence-corrected chi connectivity index (χ4v) is 5.15. The molecule has 134 valence electrons. The molecular formula is C16H26N4O3S. The van der Waals surface area contributed by atoms with E-state index in [0.29, 0.717) is 18.9 Å². The van der Waals surface area contributed by atoms with Gasteiger partial charge in [0.15, 0.2) is 5.03 Å². The fraction of sp³-hybridized carbons (Fsp3) is 0.750. The van der Waals surface area contributed by atoms with Gasteiger partial charge in [0.25, 0.3) is 10.0 Å². The minimum Gasteiger partial charge on any atom is -0.353 e. The van der Waals surface area contributed by atoms with E-state index in [1.165, 1.54) is 23.3 Å². The molecule has 0 aromatic carbocycles. The Balaban J connectivity index is 1.64. The van der Waals surface area contributed by atoms with Gasteiger partial charge in [-0.3, -0.25) is 4.79 Å². The van der Waals surface area contributed by atoms with Gasteiger partial charge >= 0.3 is 0 Å². The topological polar surface area (TPSA) is 95.2 Å². The minimum atomic E-state index is -3.59. The predicted octanol–water partition coefficient (Wildman–Crippen LogP) is 1.51. The summed E-state index contributed by atoms with van der Waals surface area (Å²) in [7, 11) is -3.59. The van der Waals surface area contributed by atoms with Crippen molar-refractivity contribution in [3.63, 3.8) is 0 Å². The Bertz CT molecular complexity index is 659. The lowest BCUT2D eigenvalue weighted by Gasteiger charge is -2.34. The van der Waals surface area contributed by atoms with Gasteiger partial charge in [0.05, 0.1) is 18.4 Å². The molecule has 1 saturated carbocycles. The number of sulfonamides is 1. The molecule has 3 atom stereocenters. The Morgan fingerprint density at radius 3 is 2.79 bits per heavy atom. The molecule has 8 heteroatoms. The molecule has 1 aromatic rings. The van der Waals surface area contributed by atoms with Crippen LogP contribution in [0.3, 0.4) is 0 Å². The van der Waals surface area contributed by atoms with E-state index in [9.17, 15) is 13.2 Å². The molecule has 2 aliphatic rings. The smallest absolute Gasteiger partial charge is 0.260 e. The van der Waals surface area contributed by atoms with Gasteiger partial charge < -0.3 is 10.3 Å². The highest BCUT2D eigenvalue weighted by molar-refractivity contribution is 7.89. The molecule has 1 saturated heterocycles. The van der Waals surface area contributed by atoms with Crippen molar-refractivity contribution in [1.29, 1.82) is 0 Å². The van der Waals surface area contributed by atoms with E-state index < -0.39 is 10.0 Å². The molecule has 0 bridgehead atoms. The first-order valence-corrected chi connectivity index (χ1v) is 10.2. The van der Waals surface area contributed by atoms with Crippen LogP contribution in [0.15, 0.2) is 17.6 Å². The van der Waals surface area contributed by atoms with Gasteiger partial charge in [0.2, 0.25) is 5.91 Å². The van der Waals surface area contributed by atoms with Crippen LogP contribution >= 0.6 is 0 Å². The standard InChI is InChI=1S/C16H26N4O3S/c1-12-5-2-3-7-14(12)19-16(21)13-6-4-8-20(10-13)24(22,23)15-9-17-11-18-15/h9,11-14H,2-8,10H2,1H3,(H,17,18)(H,19,21). The summed E-state index contributed by atoms with van der Waals surface area (Å²) >= 11 is 0. The number of rotatable bonds is 4. The third kappa shape index (κ3) is 3.64. The predicted molar refractivity (Wildman–Crippen MR) is 89.6 cm³/mol. The van der Waals surface area contributed by atoms with Gasteiger partial charge in [-0.05, 0) is 31.6 Å². The second kappa shape index (κ2) is 7.23. The average Bonchev–Trinajstić information content (AvgIpc) is 3.12. The number of hydrogen-bond acceptors (Lipinski definition) is 4. The Kier molecular flexibility index (Phi) is 5.24. The molecule has 0 spiro atoms. The highest BCUT2D eigenvalue weighted by Gasteiger charge is 2.35.